The van der Waals surface area contributed by atoms with Gasteiger partial charge >= 0.3 is 11.9 Å². The van der Waals surface area contributed by atoms with E-state index in [0.717, 1.165) is 5.56 Å². The standard InChI is InChI=1S/C30H27NO7/c1-4-36-30(33)24(19-31)16-23-11-14-26(28(18-23)35-3)38-29(32)15-12-21-10-13-25(27(17-21)34-2)37-20-22-8-6-5-7-9-22/h5-18H,4,20H2,1-3H3/b15-12+,24-16+. The van der Waals surface area contributed by atoms with Gasteiger partial charge in [-0.1, -0.05) is 42.5 Å². The highest BCUT2D eigenvalue weighted by molar-refractivity contribution is 5.98. The maximum atomic E-state index is 12.5. The maximum Gasteiger partial charge on any atom is 0.348 e. The van der Waals surface area contributed by atoms with Crippen LogP contribution in [-0.2, 0) is 20.9 Å². The predicted molar refractivity (Wildman–Crippen MR) is 142 cm³/mol. The summed E-state index contributed by atoms with van der Waals surface area (Å²) < 4.78 is 26.9. The highest BCUT2D eigenvalue weighted by Crippen LogP contribution is 2.31. The molecule has 0 fully saturated rings. The first kappa shape index (κ1) is 27.6. The fraction of sp³-hybridized carbons (Fsp3) is 0.167. The van der Waals surface area contributed by atoms with Crippen LogP contribution in [0.3, 0.4) is 0 Å². The fourth-order valence-electron chi connectivity index (χ4n) is 3.32. The summed E-state index contributed by atoms with van der Waals surface area (Å²) in [7, 11) is 2.96. The lowest BCUT2D eigenvalue weighted by Crippen LogP contribution is -2.06. The predicted octanol–water partition coefficient (Wildman–Crippen LogP) is 5.37. The Hall–Kier alpha value is -5.03. The minimum absolute atomic E-state index is 0.155. The molecule has 0 aliphatic rings. The lowest BCUT2D eigenvalue weighted by atomic mass is 10.1. The summed E-state index contributed by atoms with van der Waals surface area (Å²) in [6.45, 7) is 2.21. The molecule has 0 unspecified atom stereocenters. The topological polar surface area (TPSA) is 104 Å². The number of hydrogen-bond acceptors (Lipinski definition) is 8. The average molecular weight is 514 g/mol. The molecule has 8 nitrogen and oxygen atoms in total. The van der Waals surface area contributed by atoms with Crippen LogP contribution in [0.25, 0.3) is 12.2 Å². The smallest absolute Gasteiger partial charge is 0.348 e. The number of nitrogens with zero attached hydrogens (tertiary/aromatic N) is 1. The van der Waals surface area contributed by atoms with Gasteiger partial charge in [0.15, 0.2) is 23.0 Å². The number of methoxy groups -OCH3 is 2. The van der Waals surface area contributed by atoms with Crippen LogP contribution in [0.1, 0.15) is 23.6 Å². The van der Waals surface area contributed by atoms with Crippen molar-refractivity contribution >= 4 is 24.1 Å². The van der Waals surface area contributed by atoms with Crippen molar-refractivity contribution in [3.05, 3.63) is 95.1 Å². The molecule has 38 heavy (non-hydrogen) atoms. The quantitative estimate of drug-likeness (QED) is 0.146. The van der Waals surface area contributed by atoms with Crippen LogP contribution in [0.4, 0.5) is 0 Å². The van der Waals surface area contributed by atoms with Gasteiger partial charge in [-0.05, 0) is 60.0 Å². The summed E-state index contributed by atoms with van der Waals surface area (Å²) >= 11 is 0. The van der Waals surface area contributed by atoms with Crippen LogP contribution in [0.15, 0.2) is 78.4 Å². The second-order valence-corrected chi connectivity index (χ2v) is 7.74. The summed E-state index contributed by atoms with van der Waals surface area (Å²) in [5, 5.41) is 9.22. The molecule has 0 aromatic heterocycles. The molecule has 3 aromatic rings. The average Bonchev–Trinajstić information content (AvgIpc) is 2.95. The number of rotatable bonds is 11. The molecule has 8 heteroatoms. The molecule has 3 aromatic carbocycles. The van der Waals surface area contributed by atoms with Crippen molar-refractivity contribution in [2.45, 2.75) is 13.5 Å². The monoisotopic (exact) mass is 513 g/mol. The summed E-state index contributed by atoms with van der Waals surface area (Å²) in [5.41, 5.74) is 2.09. The Labute approximate surface area is 221 Å². The number of nitriles is 1. The Bertz CT molecular complexity index is 1370. The van der Waals surface area contributed by atoms with E-state index in [2.05, 4.69) is 0 Å². The van der Waals surface area contributed by atoms with E-state index in [9.17, 15) is 14.9 Å². The zero-order valence-electron chi connectivity index (χ0n) is 21.3. The van der Waals surface area contributed by atoms with Gasteiger partial charge < -0.3 is 23.7 Å². The van der Waals surface area contributed by atoms with Gasteiger partial charge in [0.05, 0.1) is 20.8 Å². The number of carbonyl (C=O) groups is 2. The van der Waals surface area contributed by atoms with Gasteiger partial charge in [-0.15, -0.1) is 0 Å². The van der Waals surface area contributed by atoms with Gasteiger partial charge in [0.2, 0.25) is 0 Å². The van der Waals surface area contributed by atoms with Crippen LogP contribution in [0.5, 0.6) is 23.0 Å². The second-order valence-electron chi connectivity index (χ2n) is 7.74. The number of esters is 2. The highest BCUT2D eigenvalue weighted by atomic mass is 16.6. The van der Waals surface area contributed by atoms with Crippen molar-refractivity contribution in [3.63, 3.8) is 0 Å². The number of ether oxygens (including phenoxy) is 5. The molecule has 0 saturated carbocycles. The fourth-order valence-corrected chi connectivity index (χ4v) is 3.32. The lowest BCUT2D eigenvalue weighted by Gasteiger charge is -2.11. The summed E-state index contributed by atoms with van der Waals surface area (Å²) in [6, 6.07) is 21.6. The van der Waals surface area contributed by atoms with Gasteiger partial charge in [0.1, 0.15) is 18.2 Å². The van der Waals surface area contributed by atoms with Crippen molar-refractivity contribution < 1.29 is 33.3 Å². The van der Waals surface area contributed by atoms with Gasteiger partial charge in [0.25, 0.3) is 0 Å². The molecule has 3 rings (SSSR count). The Balaban J connectivity index is 1.68. The van der Waals surface area contributed by atoms with E-state index < -0.39 is 11.9 Å². The van der Waals surface area contributed by atoms with Crippen molar-refractivity contribution in [1.29, 1.82) is 5.26 Å². The Morgan fingerprint density at radius 3 is 2.21 bits per heavy atom. The molecule has 0 bridgehead atoms. The van der Waals surface area contributed by atoms with E-state index in [0.29, 0.717) is 29.2 Å². The Morgan fingerprint density at radius 2 is 1.53 bits per heavy atom. The maximum absolute atomic E-state index is 12.5. The third-order valence-corrected chi connectivity index (χ3v) is 5.16. The number of carbonyl (C=O) groups excluding carboxylic acids is 2. The molecule has 0 heterocycles. The van der Waals surface area contributed by atoms with E-state index in [1.165, 1.54) is 25.3 Å². The van der Waals surface area contributed by atoms with Crippen LogP contribution >= 0.6 is 0 Å². The summed E-state index contributed by atoms with van der Waals surface area (Å²) in [4.78, 5) is 24.3. The number of benzene rings is 3. The first-order valence-corrected chi connectivity index (χ1v) is 11.7. The van der Waals surface area contributed by atoms with Gasteiger partial charge in [-0.3, -0.25) is 0 Å². The third-order valence-electron chi connectivity index (χ3n) is 5.16. The molecule has 0 radical (unpaired) electrons. The Kier molecular flexibility index (Phi) is 10.1. The van der Waals surface area contributed by atoms with Crippen molar-refractivity contribution in [2.75, 3.05) is 20.8 Å². The van der Waals surface area contributed by atoms with Gasteiger partial charge in [-0.2, -0.15) is 5.26 Å². The highest BCUT2D eigenvalue weighted by Gasteiger charge is 2.13. The molecular formula is C30H27NO7. The minimum Gasteiger partial charge on any atom is -0.493 e. The van der Waals surface area contributed by atoms with Gasteiger partial charge in [-0.25, -0.2) is 9.59 Å². The SMILES string of the molecule is CCOC(=O)/C(C#N)=C/c1ccc(OC(=O)/C=C/c2ccc(OCc3ccccc3)c(OC)c2)c(OC)c1. The van der Waals surface area contributed by atoms with Crippen LogP contribution in [-0.4, -0.2) is 32.8 Å². The van der Waals surface area contributed by atoms with Gasteiger partial charge in [0, 0.05) is 6.08 Å². The third kappa shape index (κ3) is 7.73. The van der Waals surface area contributed by atoms with E-state index in [1.54, 1.807) is 50.4 Å². The Morgan fingerprint density at radius 1 is 0.868 bits per heavy atom. The van der Waals surface area contributed by atoms with Crippen LogP contribution in [0, 0.1) is 11.3 Å². The molecule has 0 N–H and O–H groups in total. The van der Waals surface area contributed by atoms with Crippen molar-refractivity contribution in [1.82, 2.24) is 0 Å². The molecule has 194 valence electrons. The van der Waals surface area contributed by atoms with Crippen molar-refractivity contribution in [3.8, 4) is 29.1 Å². The zero-order chi connectivity index (χ0) is 27.3. The van der Waals surface area contributed by atoms with E-state index in [-0.39, 0.29) is 23.7 Å². The lowest BCUT2D eigenvalue weighted by molar-refractivity contribution is -0.138. The normalized spacial score (nSPS) is 10.9. The zero-order valence-corrected chi connectivity index (χ0v) is 21.3. The molecule has 0 saturated heterocycles. The molecule has 0 atom stereocenters. The van der Waals surface area contributed by atoms with Crippen LogP contribution < -0.4 is 18.9 Å². The van der Waals surface area contributed by atoms with Crippen LogP contribution in [0.2, 0.25) is 0 Å². The number of hydrogen-bond donors (Lipinski definition) is 0. The van der Waals surface area contributed by atoms with E-state index >= 15 is 0 Å². The minimum atomic E-state index is -0.720. The molecule has 0 aliphatic heterocycles. The molecule has 0 spiro atoms. The van der Waals surface area contributed by atoms with E-state index in [1.807, 2.05) is 36.4 Å². The largest absolute Gasteiger partial charge is 0.493 e. The second kappa shape index (κ2) is 13.9. The van der Waals surface area contributed by atoms with Crippen molar-refractivity contribution in [2.24, 2.45) is 0 Å². The molecule has 0 aliphatic carbocycles. The molecule has 0 amide bonds. The van der Waals surface area contributed by atoms with E-state index in [4.69, 9.17) is 23.7 Å². The molecular weight excluding hydrogens is 486 g/mol. The first-order chi connectivity index (χ1) is 18.5. The first-order valence-electron chi connectivity index (χ1n) is 11.7. The summed E-state index contributed by atoms with van der Waals surface area (Å²) in [6.07, 6.45) is 4.24. The summed E-state index contributed by atoms with van der Waals surface area (Å²) in [5.74, 6) is 0.194.